The highest BCUT2D eigenvalue weighted by atomic mass is 28.3. The second kappa shape index (κ2) is 11.7. The van der Waals surface area contributed by atoms with E-state index in [4.69, 9.17) is 0 Å². The topological polar surface area (TPSA) is 12.4 Å². The minimum Gasteiger partial charge on any atom is -0.298 e. The fraction of sp³-hybridized carbons (Fsp3) is 0.812. The van der Waals surface area contributed by atoms with Gasteiger partial charge in [0.15, 0.2) is 0 Å². The van der Waals surface area contributed by atoms with Gasteiger partial charge in [0, 0.05) is 6.54 Å². The van der Waals surface area contributed by atoms with Gasteiger partial charge in [-0.2, -0.15) is 0 Å². The predicted octanol–water partition coefficient (Wildman–Crippen LogP) is 5.63. The summed E-state index contributed by atoms with van der Waals surface area (Å²) in [5, 5.41) is 0. The first-order chi connectivity index (χ1) is 8.74. The summed E-state index contributed by atoms with van der Waals surface area (Å²) in [4.78, 5) is 4.58. The molecule has 0 aromatic heterocycles. The number of rotatable bonds is 12. The van der Waals surface area contributed by atoms with E-state index in [1.165, 1.54) is 56.7 Å². The van der Waals surface area contributed by atoms with E-state index in [1.54, 1.807) is 0 Å². The summed E-state index contributed by atoms with van der Waals surface area (Å²) in [5.41, 5.74) is 2.25. The Labute approximate surface area is 116 Å². The largest absolute Gasteiger partial charge is 0.298 e. The van der Waals surface area contributed by atoms with Gasteiger partial charge in [0.05, 0.1) is 8.07 Å². The first kappa shape index (κ1) is 17.6. The molecule has 0 aliphatic heterocycles. The molecule has 0 aromatic rings. The van der Waals surface area contributed by atoms with Gasteiger partial charge >= 0.3 is 0 Å². The second-order valence-corrected chi connectivity index (χ2v) is 10.3. The standard InChI is InChI=1S/C16H33NSi/c1-5-9-10-11-12-13-14-17-15-16-18(6-2,7-3)8-4/h6,15H,2,5,7-14,16H2,1,3-4H3. The molecule has 0 N–H and O–H groups in total. The van der Waals surface area contributed by atoms with Gasteiger partial charge in [-0.25, -0.2) is 0 Å². The Hall–Kier alpha value is -0.373. The molecule has 0 amide bonds. The number of unbranched alkanes of at least 4 members (excludes halogenated alkanes) is 5. The van der Waals surface area contributed by atoms with Crippen molar-refractivity contribution in [2.45, 2.75) is 77.4 Å². The lowest BCUT2D eigenvalue weighted by molar-refractivity contribution is 0.612. The zero-order valence-corrected chi connectivity index (χ0v) is 13.9. The molecule has 0 unspecified atom stereocenters. The Morgan fingerprint density at radius 1 is 0.944 bits per heavy atom. The molecule has 0 radical (unpaired) electrons. The number of hydrogen-bond donors (Lipinski definition) is 0. The van der Waals surface area contributed by atoms with E-state index < -0.39 is 8.07 Å². The lowest BCUT2D eigenvalue weighted by atomic mass is 10.1. The Kier molecular flexibility index (Phi) is 11.5. The van der Waals surface area contributed by atoms with Gasteiger partial charge in [-0.15, -0.1) is 12.3 Å². The summed E-state index contributed by atoms with van der Waals surface area (Å²) in [5.74, 6) is 0. The van der Waals surface area contributed by atoms with Gasteiger partial charge in [-0.1, -0.05) is 65.0 Å². The fourth-order valence-corrected chi connectivity index (χ4v) is 4.55. The molecule has 0 fully saturated rings. The van der Waals surface area contributed by atoms with Crippen molar-refractivity contribution in [3.63, 3.8) is 0 Å². The minimum absolute atomic E-state index is 1.03. The van der Waals surface area contributed by atoms with Crippen LogP contribution in [0.25, 0.3) is 0 Å². The number of nitrogens with zero attached hydrogens (tertiary/aromatic N) is 1. The maximum atomic E-state index is 4.58. The predicted molar refractivity (Wildman–Crippen MR) is 88.5 cm³/mol. The Morgan fingerprint density at radius 2 is 1.56 bits per heavy atom. The lowest BCUT2D eigenvalue weighted by Gasteiger charge is -2.22. The third kappa shape index (κ3) is 7.86. The van der Waals surface area contributed by atoms with Gasteiger partial charge in [0.1, 0.15) is 0 Å². The molecule has 0 saturated carbocycles. The quantitative estimate of drug-likeness (QED) is 0.247. The van der Waals surface area contributed by atoms with Crippen molar-refractivity contribution in [2.75, 3.05) is 6.54 Å². The van der Waals surface area contributed by atoms with Crippen LogP contribution < -0.4 is 0 Å². The first-order valence-electron chi connectivity index (χ1n) is 7.86. The highest BCUT2D eigenvalue weighted by molar-refractivity contribution is 6.86. The van der Waals surface area contributed by atoms with Crippen molar-refractivity contribution in [1.82, 2.24) is 0 Å². The third-order valence-electron chi connectivity index (χ3n) is 4.11. The summed E-state index contributed by atoms with van der Waals surface area (Å²) in [6.45, 7) is 11.9. The van der Waals surface area contributed by atoms with Crippen molar-refractivity contribution in [2.24, 2.45) is 4.99 Å². The van der Waals surface area contributed by atoms with Crippen molar-refractivity contribution in [3.05, 3.63) is 12.3 Å². The van der Waals surface area contributed by atoms with Crippen molar-refractivity contribution in [1.29, 1.82) is 0 Å². The Morgan fingerprint density at radius 3 is 2.11 bits per heavy atom. The molecular weight excluding hydrogens is 234 g/mol. The molecule has 0 saturated heterocycles. The summed E-state index contributed by atoms with van der Waals surface area (Å²) in [6.07, 6.45) is 10.3. The van der Waals surface area contributed by atoms with Crippen molar-refractivity contribution in [3.8, 4) is 0 Å². The lowest BCUT2D eigenvalue weighted by Crippen LogP contribution is -2.29. The van der Waals surface area contributed by atoms with Gasteiger partial charge in [0.25, 0.3) is 0 Å². The van der Waals surface area contributed by atoms with Crippen LogP contribution in [0.5, 0.6) is 0 Å². The highest BCUT2D eigenvalue weighted by Crippen LogP contribution is 2.20. The molecule has 0 heterocycles. The highest BCUT2D eigenvalue weighted by Gasteiger charge is 2.23. The molecule has 18 heavy (non-hydrogen) atoms. The van der Waals surface area contributed by atoms with E-state index in [0.29, 0.717) is 0 Å². The third-order valence-corrected chi connectivity index (χ3v) is 8.79. The van der Waals surface area contributed by atoms with E-state index in [9.17, 15) is 0 Å². The Bertz CT molecular complexity index is 219. The van der Waals surface area contributed by atoms with Gasteiger partial charge < -0.3 is 0 Å². The zero-order chi connectivity index (χ0) is 13.7. The molecule has 1 nitrogen and oxygen atoms in total. The molecule has 106 valence electrons. The van der Waals surface area contributed by atoms with Crippen LogP contribution in [-0.2, 0) is 0 Å². The minimum atomic E-state index is -1.19. The zero-order valence-electron chi connectivity index (χ0n) is 12.9. The Balaban J connectivity index is 3.61. The molecule has 0 atom stereocenters. The number of hydrogen-bond acceptors (Lipinski definition) is 1. The maximum Gasteiger partial charge on any atom is 0.0817 e. The van der Waals surface area contributed by atoms with Crippen LogP contribution in [0.3, 0.4) is 0 Å². The van der Waals surface area contributed by atoms with Crippen LogP contribution in [0.15, 0.2) is 17.3 Å². The molecule has 0 aliphatic carbocycles. The van der Waals surface area contributed by atoms with Crippen LogP contribution in [0, 0.1) is 0 Å². The maximum absolute atomic E-state index is 4.58. The van der Waals surface area contributed by atoms with Crippen LogP contribution in [-0.4, -0.2) is 20.8 Å². The molecule has 0 bridgehead atoms. The molecule has 2 heteroatoms. The van der Waals surface area contributed by atoms with E-state index in [-0.39, 0.29) is 0 Å². The summed E-state index contributed by atoms with van der Waals surface area (Å²) < 4.78 is 0. The average Bonchev–Trinajstić information content (AvgIpc) is 2.42. The van der Waals surface area contributed by atoms with E-state index >= 15 is 0 Å². The molecule has 0 spiro atoms. The fourth-order valence-electron chi connectivity index (χ4n) is 2.23. The smallest absolute Gasteiger partial charge is 0.0817 e. The van der Waals surface area contributed by atoms with Crippen LogP contribution in [0.2, 0.25) is 18.1 Å². The van der Waals surface area contributed by atoms with E-state index in [2.05, 4.69) is 44.3 Å². The summed E-state index contributed by atoms with van der Waals surface area (Å²) in [7, 11) is -1.19. The average molecular weight is 268 g/mol. The van der Waals surface area contributed by atoms with Crippen LogP contribution >= 0.6 is 0 Å². The second-order valence-electron chi connectivity index (χ2n) is 5.33. The van der Waals surface area contributed by atoms with Gasteiger partial charge in [0.2, 0.25) is 0 Å². The van der Waals surface area contributed by atoms with Crippen LogP contribution in [0.1, 0.15) is 59.3 Å². The SMILES string of the molecule is C=C[Si](CC)(CC)CC=NCCCCCCCC. The van der Waals surface area contributed by atoms with Gasteiger partial charge in [-0.3, -0.25) is 4.99 Å². The molecule has 0 rings (SSSR count). The van der Waals surface area contributed by atoms with Gasteiger partial charge in [-0.05, 0) is 18.7 Å². The van der Waals surface area contributed by atoms with Crippen LogP contribution in [0.4, 0.5) is 0 Å². The summed E-state index contributed by atoms with van der Waals surface area (Å²) >= 11 is 0. The van der Waals surface area contributed by atoms with Crippen molar-refractivity contribution < 1.29 is 0 Å². The molecule has 0 aliphatic rings. The molecule has 0 aromatic carbocycles. The number of aliphatic imine (C=N–C) groups is 1. The summed E-state index contributed by atoms with van der Waals surface area (Å²) in [6, 6.07) is 3.80. The normalized spacial score (nSPS) is 12.2. The molecular formula is C16H33NSi. The van der Waals surface area contributed by atoms with E-state index in [0.717, 1.165) is 6.54 Å². The first-order valence-corrected chi connectivity index (χ1v) is 10.6. The van der Waals surface area contributed by atoms with E-state index in [1.807, 2.05) is 0 Å². The monoisotopic (exact) mass is 267 g/mol. The van der Waals surface area contributed by atoms with Crippen molar-refractivity contribution >= 4 is 14.3 Å².